The fourth-order valence-electron chi connectivity index (χ4n) is 6.40. The van der Waals surface area contributed by atoms with Gasteiger partial charge in [0, 0.05) is 6.42 Å². The summed E-state index contributed by atoms with van der Waals surface area (Å²) in [6.07, 6.45) is 36.0. The van der Waals surface area contributed by atoms with Crippen molar-refractivity contribution in [2.45, 2.75) is 211 Å². The number of amides is 1. The number of aliphatic hydroxyl groups excluding tert-OH is 5. The van der Waals surface area contributed by atoms with Gasteiger partial charge in [-0.3, -0.25) is 4.79 Å². The number of ether oxygens (including phenoxy) is 2. The van der Waals surface area contributed by atoms with E-state index < -0.39 is 49.5 Å². The summed E-state index contributed by atoms with van der Waals surface area (Å²) < 4.78 is 11.1. The molecule has 1 aliphatic heterocycles. The zero-order valence-electron chi connectivity index (χ0n) is 33.5. The molecule has 0 saturated carbocycles. The monoisotopic (exact) mass is 750 g/mol. The minimum absolute atomic E-state index is 0.224. The molecule has 9 heteroatoms. The number of carbonyl (C=O) groups is 1. The molecule has 1 rings (SSSR count). The van der Waals surface area contributed by atoms with E-state index in [2.05, 4.69) is 49.5 Å². The van der Waals surface area contributed by atoms with Crippen molar-refractivity contribution in [2.24, 2.45) is 0 Å². The highest BCUT2D eigenvalue weighted by atomic mass is 16.7. The van der Waals surface area contributed by atoms with Gasteiger partial charge in [0.2, 0.25) is 5.91 Å². The summed E-state index contributed by atoms with van der Waals surface area (Å²) in [5.74, 6) is -0.256. The average Bonchev–Trinajstić information content (AvgIpc) is 3.16. The Labute approximate surface area is 323 Å². The highest BCUT2D eigenvalue weighted by Gasteiger charge is 2.44. The van der Waals surface area contributed by atoms with Gasteiger partial charge in [-0.15, -0.1) is 0 Å². The van der Waals surface area contributed by atoms with Gasteiger partial charge in [0.05, 0.1) is 25.4 Å². The van der Waals surface area contributed by atoms with Gasteiger partial charge in [0.25, 0.3) is 0 Å². The maximum atomic E-state index is 12.9. The lowest BCUT2D eigenvalue weighted by Crippen LogP contribution is -2.60. The van der Waals surface area contributed by atoms with Crippen LogP contribution in [-0.4, -0.2) is 87.5 Å². The second-order valence-electron chi connectivity index (χ2n) is 14.8. The van der Waals surface area contributed by atoms with Crippen molar-refractivity contribution in [1.82, 2.24) is 5.32 Å². The molecule has 53 heavy (non-hydrogen) atoms. The minimum Gasteiger partial charge on any atom is -0.394 e. The Hall–Kier alpha value is -1.85. The lowest BCUT2D eigenvalue weighted by Gasteiger charge is -2.40. The van der Waals surface area contributed by atoms with Crippen LogP contribution in [0.25, 0.3) is 0 Å². The van der Waals surface area contributed by atoms with Crippen molar-refractivity contribution in [3.63, 3.8) is 0 Å². The molecular weight excluding hydrogens is 670 g/mol. The lowest BCUT2D eigenvalue weighted by molar-refractivity contribution is -0.302. The number of allylic oxidation sites excluding steroid dienone is 7. The third-order valence-electron chi connectivity index (χ3n) is 9.89. The number of aliphatic hydroxyl groups is 5. The second-order valence-corrected chi connectivity index (χ2v) is 14.8. The minimum atomic E-state index is -1.58. The standard InChI is InChI=1S/C44H79NO8/c1-3-5-7-9-11-13-15-17-18-19-20-22-23-25-27-29-31-33-38(47)37(36-52-44-43(51)42(50)41(49)39(35-46)53-44)45-40(48)34-32-30-28-26-24-21-16-14-12-10-8-6-4-2/h21,23-25,28,30-31,33,37-39,41-44,46-47,49-51H,3-20,22,26-27,29,32,34-36H2,1-2H3,(H,45,48)/b24-21-,25-23+,30-28-,33-31+. The predicted octanol–water partition coefficient (Wildman–Crippen LogP) is 8.28. The summed E-state index contributed by atoms with van der Waals surface area (Å²) in [5.41, 5.74) is 0. The zero-order chi connectivity index (χ0) is 38.8. The number of hydrogen-bond donors (Lipinski definition) is 6. The van der Waals surface area contributed by atoms with Gasteiger partial charge < -0.3 is 40.3 Å². The Balaban J connectivity index is 2.47. The molecule has 7 unspecified atom stereocenters. The fourth-order valence-corrected chi connectivity index (χ4v) is 6.40. The molecule has 7 atom stereocenters. The highest BCUT2D eigenvalue weighted by Crippen LogP contribution is 2.22. The Morgan fingerprint density at radius 1 is 0.642 bits per heavy atom. The first-order valence-corrected chi connectivity index (χ1v) is 21.4. The van der Waals surface area contributed by atoms with Gasteiger partial charge in [0.1, 0.15) is 24.4 Å². The average molecular weight is 750 g/mol. The van der Waals surface area contributed by atoms with Crippen molar-refractivity contribution in [3.8, 4) is 0 Å². The van der Waals surface area contributed by atoms with Gasteiger partial charge in [-0.25, -0.2) is 0 Å². The molecule has 0 spiro atoms. The van der Waals surface area contributed by atoms with E-state index in [0.717, 1.165) is 32.1 Å². The van der Waals surface area contributed by atoms with Crippen LogP contribution in [-0.2, 0) is 14.3 Å². The number of hydrogen-bond acceptors (Lipinski definition) is 8. The van der Waals surface area contributed by atoms with Crippen LogP contribution in [0.5, 0.6) is 0 Å². The van der Waals surface area contributed by atoms with E-state index in [1.165, 1.54) is 109 Å². The molecule has 1 aliphatic rings. The van der Waals surface area contributed by atoms with E-state index in [1.54, 1.807) is 6.08 Å². The SMILES string of the molecule is CCCCCCCC/C=C\C/C=C\CCC(=O)NC(COC1OC(CO)C(O)C(O)C1O)C(O)/C=C/CC/C=C/CCCCCCCCCCCCC. The molecule has 0 aromatic carbocycles. The normalized spacial score (nSPS) is 22.1. The van der Waals surface area contributed by atoms with Gasteiger partial charge in [-0.2, -0.15) is 0 Å². The van der Waals surface area contributed by atoms with Crippen LogP contribution in [0.4, 0.5) is 0 Å². The molecule has 0 aliphatic carbocycles. The number of rotatable bonds is 34. The summed E-state index contributed by atoms with van der Waals surface area (Å²) in [6, 6.07) is -0.850. The Kier molecular flexibility index (Phi) is 32.1. The van der Waals surface area contributed by atoms with E-state index >= 15 is 0 Å². The maximum Gasteiger partial charge on any atom is 0.220 e. The Morgan fingerprint density at radius 3 is 1.70 bits per heavy atom. The molecular formula is C44H79NO8. The van der Waals surface area contributed by atoms with Crippen molar-refractivity contribution in [1.29, 1.82) is 0 Å². The van der Waals surface area contributed by atoms with Crippen LogP contribution in [0.2, 0.25) is 0 Å². The summed E-state index contributed by atoms with van der Waals surface area (Å²) in [7, 11) is 0. The quantitative estimate of drug-likeness (QED) is 0.0285. The molecule has 1 fully saturated rings. The van der Waals surface area contributed by atoms with Crippen LogP contribution >= 0.6 is 0 Å². The lowest BCUT2D eigenvalue weighted by atomic mass is 9.99. The molecule has 6 N–H and O–H groups in total. The maximum absolute atomic E-state index is 12.9. The van der Waals surface area contributed by atoms with Crippen molar-refractivity contribution in [2.75, 3.05) is 13.2 Å². The Morgan fingerprint density at radius 2 is 1.13 bits per heavy atom. The molecule has 1 saturated heterocycles. The second kappa shape index (κ2) is 34.6. The van der Waals surface area contributed by atoms with E-state index in [9.17, 15) is 30.3 Å². The molecule has 0 aromatic heterocycles. The summed E-state index contributed by atoms with van der Waals surface area (Å²) in [4.78, 5) is 12.9. The van der Waals surface area contributed by atoms with Gasteiger partial charge in [-0.05, 0) is 51.4 Å². The molecule has 0 bridgehead atoms. The number of unbranched alkanes of at least 4 members (excludes halogenated alkanes) is 18. The van der Waals surface area contributed by atoms with E-state index in [4.69, 9.17) is 9.47 Å². The van der Waals surface area contributed by atoms with Crippen LogP contribution in [0, 0.1) is 0 Å². The molecule has 9 nitrogen and oxygen atoms in total. The van der Waals surface area contributed by atoms with Gasteiger partial charge >= 0.3 is 0 Å². The van der Waals surface area contributed by atoms with Gasteiger partial charge in [-0.1, -0.05) is 159 Å². The third kappa shape index (κ3) is 25.8. The van der Waals surface area contributed by atoms with Crippen LogP contribution in [0.15, 0.2) is 48.6 Å². The topological polar surface area (TPSA) is 149 Å². The largest absolute Gasteiger partial charge is 0.394 e. The van der Waals surface area contributed by atoms with Gasteiger partial charge in [0.15, 0.2) is 6.29 Å². The van der Waals surface area contributed by atoms with Crippen molar-refractivity contribution >= 4 is 5.91 Å². The predicted molar refractivity (Wildman–Crippen MR) is 216 cm³/mol. The van der Waals surface area contributed by atoms with Crippen LogP contribution in [0.1, 0.15) is 168 Å². The van der Waals surface area contributed by atoms with Crippen molar-refractivity contribution < 1.29 is 39.8 Å². The smallest absolute Gasteiger partial charge is 0.220 e. The summed E-state index contributed by atoms with van der Waals surface area (Å²) in [5, 5.41) is 53.9. The summed E-state index contributed by atoms with van der Waals surface area (Å²) in [6.45, 7) is 3.69. The summed E-state index contributed by atoms with van der Waals surface area (Å²) >= 11 is 0. The molecule has 0 radical (unpaired) electrons. The number of carbonyl (C=O) groups excluding carboxylic acids is 1. The molecule has 308 valence electrons. The molecule has 0 aromatic rings. The first-order chi connectivity index (χ1) is 25.8. The van der Waals surface area contributed by atoms with E-state index in [1.807, 2.05) is 12.2 Å². The van der Waals surface area contributed by atoms with E-state index in [0.29, 0.717) is 6.42 Å². The third-order valence-corrected chi connectivity index (χ3v) is 9.89. The zero-order valence-corrected chi connectivity index (χ0v) is 33.5. The van der Waals surface area contributed by atoms with E-state index in [-0.39, 0.29) is 18.9 Å². The molecule has 1 heterocycles. The molecule has 1 amide bonds. The van der Waals surface area contributed by atoms with Crippen LogP contribution in [0.3, 0.4) is 0 Å². The highest BCUT2D eigenvalue weighted by molar-refractivity contribution is 5.76. The first kappa shape index (κ1) is 49.2. The fraction of sp³-hybridized carbons (Fsp3) is 0.795. The first-order valence-electron chi connectivity index (χ1n) is 21.4. The Bertz CT molecular complexity index is 967. The van der Waals surface area contributed by atoms with Crippen LogP contribution < -0.4 is 5.32 Å². The number of nitrogens with one attached hydrogen (secondary N) is 1. The van der Waals surface area contributed by atoms with Crippen molar-refractivity contribution in [3.05, 3.63) is 48.6 Å².